The number of benzene rings is 1. The van der Waals surface area contributed by atoms with Gasteiger partial charge in [0.25, 0.3) is 0 Å². The highest BCUT2D eigenvalue weighted by molar-refractivity contribution is 5.26. The average Bonchev–Trinajstić information content (AvgIpc) is 3.14. The van der Waals surface area contributed by atoms with Crippen LogP contribution in [0, 0.1) is 5.92 Å². The van der Waals surface area contributed by atoms with Crippen molar-refractivity contribution in [2.24, 2.45) is 5.92 Å². The van der Waals surface area contributed by atoms with Gasteiger partial charge in [-0.1, -0.05) is 12.1 Å². The van der Waals surface area contributed by atoms with E-state index in [-0.39, 0.29) is 0 Å². The van der Waals surface area contributed by atoms with Crippen LogP contribution in [-0.4, -0.2) is 41.7 Å². The van der Waals surface area contributed by atoms with Crippen molar-refractivity contribution in [2.75, 3.05) is 19.6 Å². The van der Waals surface area contributed by atoms with E-state index in [1.165, 1.54) is 50.9 Å². The molecule has 0 amide bonds. The van der Waals surface area contributed by atoms with Crippen LogP contribution in [0.3, 0.4) is 0 Å². The molecule has 2 fully saturated rings. The van der Waals surface area contributed by atoms with Crippen molar-refractivity contribution in [1.82, 2.24) is 10.2 Å². The fraction of sp³-hybridized carbons (Fsp3) is 0.667. The van der Waals surface area contributed by atoms with Gasteiger partial charge in [0, 0.05) is 25.2 Å². The molecule has 1 saturated heterocycles. The van der Waals surface area contributed by atoms with Gasteiger partial charge < -0.3 is 10.4 Å². The predicted octanol–water partition coefficient (Wildman–Crippen LogP) is 2.79. The van der Waals surface area contributed by atoms with Gasteiger partial charge in [0.1, 0.15) is 5.75 Å². The summed E-state index contributed by atoms with van der Waals surface area (Å²) in [7, 11) is 0. The quantitative estimate of drug-likeness (QED) is 0.810. The van der Waals surface area contributed by atoms with Gasteiger partial charge in [-0.2, -0.15) is 0 Å². The summed E-state index contributed by atoms with van der Waals surface area (Å²) >= 11 is 0. The molecule has 0 aromatic heterocycles. The summed E-state index contributed by atoms with van der Waals surface area (Å²) in [6, 6.07) is 8.95. The third-order valence-electron chi connectivity index (χ3n) is 4.90. The Hall–Kier alpha value is -1.06. The van der Waals surface area contributed by atoms with E-state index in [4.69, 9.17) is 0 Å². The van der Waals surface area contributed by atoms with E-state index in [1.54, 1.807) is 12.1 Å². The topological polar surface area (TPSA) is 35.5 Å². The Balaban J connectivity index is 1.58. The van der Waals surface area contributed by atoms with E-state index >= 15 is 0 Å². The van der Waals surface area contributed by atoms with Gasteiger partial charge in [0.2, 0.25) is 0 Å². The van der Waals surface area contributed by atoms with Crippen LogP contribution in [0.1, 0.15) is 38.2 Å². The molecule has 1 aliphatic heterocycles. The number of aromatic hydroxyl groups is 1. The zero-order valence-corrected chi connectivity index (χ0v) is 13.1. The van der Waals surface area contributed by atoms with E-state index < -0.39 is 0 Å². The summed E-state index contributed by atoms with van der Waals surface area (Å²) in [5.74, 6) is 1.30. The minimum Gasteiger partial charge on any atom is -0.508 e. The Morgan fingerprint density at radius 3 is 2.57 bits per heavy atom. The Morgan fingerprint density at radius 2 is 1.95 bits per heavy atom. The maximum Gasteiger partial charge on any atom is 0.115 e. The molecule has 2 aliphatic rings. The first-order chi connectivity index (χ1) is 10.2. The van der Waals surface area contributed by atoms with Gasteiger partial charge in [-0.3, -0.25) is 4.90 Å². The SMILES string of the molecule is CC(Cc1ccc(O)cc1)N(CC1CC1)CC1CCCN1. The molecule has 3 rings (SSSR count). The number of hydrogen-bond donors (Lipinski definition) is 2. The minimum absolute atomic E-state index is 0.358. The fourth-order valence-corrected chi connectivity index (χ4v) is 3.36. The van der Waals surface area contributed by atoms with Crippen LogP contribution in [0.4, 0.5) is 0 Å². The molecule has 0 spiro atoms. The highest BCUT2D eigenvalue weighted by Crippen LogP contribution is 2.31. The Labute approximate surface area is 128 Å². The smallest absolute Gasteiger partial charge is 0.115 e. The summed E-state index contributed by atoms with van der Waals surface area (Å²) in [6.07, 6.45) is 6.56. The van der Waals surface area contributed by atoms with E-state index in [2.05, 4.69) is 29.3 Å². The maximum absolute atomic E-state index is 9.40. The second-order valence-electron chi connectivity index (χ2n) is 6.91. The Morgan fingerprint density at radius 1 is 1.19 bits per heavy atom. The van der Waals surface area contributed by atoms with Gasteiger partial charge in [-0.25, -0.2) is 0 Å². The molecule has 2 atom stereocenters. The van der Waals surface area contributed by atoms with E-state index in [9.17, 15) is 5.11 Å². The lowest BCUT2D eigenvalue weighted by molar-refractivity contribution is 0.182. The molecule has 0 bridgehead atoms. The summed E-state index contributed by atoms with van der Waals surface area (Å²) in [6.45, 7) is 5.99. The molecule has 1 aromatic carbocycles. The number of phenols is 1. The van der Waals surface area contributed by atoms with Crippen LogP contribution >= 0.6 is 0 Å². The van der Waals surface area contributed by atoms with Crippen LogP contribution in [-0.2, 0) is 6.42 Å². The molecule has 1 aromatic rings. The highest BCUT2D eigenvalue weighted by Gasteiger charge is 2.28. The minimum atomic E-state index is 0.358. The largest absolute Gasteiger partial charge is 0.508 e. The van der Waals surface area contributed by atoms with Gasteiger partial charge in [0.05, 0.1) is 0 Å². The van der Waals surface area contributed by atoms with Crippen LogP contribution in [0.2, 0.25) is 0 Å². The third-order valence-corrected chi connectivity index (χ3v) is 4.90. The van der Waals surface area contributed by atoms with Crippen LogP contribution < -0.4 is 5.32 Å². The first kappa shape index (κ1) is 14.9. The second-order valence-corrected chi connectivity index (χ2v) is 6.91. The molecule has 1 heterocycles. The molecule has 0 radical (unpaired) electrons. The standard InChI is InChI=1S/C18H28N2O/c1-14(11-15-6-8-18(21)9-7-15)20(12-16-4-5-16)13-17-3-2-10-19-17/h6-9,14,16-17,19,21H,2-5,10-13H2,1H3. The molecule has 1 saturated carbocycles. The normalized spacial score (nSPS) is 23.6. The Kier molecular flexibility index (Phi) is 4.81. The van der Waals surface area contributed by atoms with Crippen molar-refractivity contribution >= 4 is 0 Å². The fourth-order valence-electron chi connectivity index (χ4n) is 3.36. The third kappa shape index (κ3) is 4.45. The van der Waals surface area contributed by atoms with Crippen molar-refractivity contribution in [1.29, 1.82) is 0 Å². The molecule has 2 N–H and O–H groups in total. The summed E-state index contributed by atoms with van der Waals surface area (Å²) in [5, 5.41) is 13.0. The van der Waals surface area contributed by atoms with Crippen LogP contribution in [0.25, 0.3) is 0 Å². The lowest BCUT2D eigenvalue weighted by Gasteiger charge is -2.31. The maximum atomic E-state index is 9.40. The molecular formula is C18H28N2O. The lowest BCUT2D eigenvalue weighted by atomic mass is 10.0. The number of rotatable bonds is 7. The van der Waals surface area contributed by atoms with Gasteiger partial charge >= 0.3 is 0 Å². The number of phenolic OH excluding ortho intramolecular Hbond substituents is 1. The molecule has 21 heavy (non-hydrogen) atoms. The lowest BCUT2D eigenvalue weighted by Crippen LogP contribution is -2.44. The van der Waals surface area contributed by atoms with Crippen molar-refractivity contribution < 1.29 is 5.11 Å². The van der Waals surface area contributed by atoms with Crippen molar-refractivity contribution in [3.05, 3.63) is 29.8 Å². The van der Waals surface area contributed by atoms with Crippen molar-refractivity contribution in [3.8, 4) is 5.75 Å². The van der Waals surface area contributed by atoms with Crippen LogP contribution in [0.5, 0.6) is 5.75 Å². The Bertz CT molecular complexity index is 435. The van der Waals surface area contributed by atoms with Crippen LogP contribution in [0.15, 0.2) is 24.3 Å². The first-order valence-electron chi connectivity index (χ1n) is 8.46. The second kappa shape index (κ2) is 6.80. The zero-order chi connectivity index (χ0) is 14.7. The first-order valence-corrected chi connectivity index (χ1v) is 8.46. The summed E-state index contributed by atoms with van der Waals surface area (Å²) in [5.41, 5.74) is 1.32. The van der Waals surface area contributed by atoms with Gasteiger partial charge in [-0.05, 0) is 69.2 Å². The zero-order valence-electron chi connectivity index (χ0n) is 13.1. The van der Waals surface area contributed by atoms with E-state index in [1.807, 2.05) is 0 Å². The molecule has 116 valence electrons. The monoisotopic (exact) mass is 288 g/mol. The average molecular weight is 288 g/mol. The summed E-state index contributed by atoms with van der Waals surface area (Å²) in [4.78, 5) is 2.69. The molecule has 3 nitrogen and oxygen atoms in total. The van der Waals surface area contributed by atoms with Crippen molar-refractivity contribution in [3.63, 3.8) is 0 Å². The summed E-state index contributed by atoms with van der Waals surface area (Å²) < 4.78 is 0. The number of nitrogens with zero attached hydrogens (tertiary/aromatic N) is 1. The van der Waals surface area contributed by atoms with E-state index in [0.29, 0.717) is 17.8 Å². The molecule has 2 unspecified atom stereocenters. The van der Waals surface area contributed by atoms with Crippen molar-refractivity contribution in [2.45, 2.75) is 51.1 Å². The molecular weight excluding hydrogens is 260 g/mol. The van der Waals surface area contributed by atoms with Gasteiger partial charge in [-0.15, -0.1) is 0 Å². The van der Waals surface area contributed by atoms with E-state index in [0.717, 1.165) is 12.3 Å². The predicted molar refractivity (Wildman–Crippen MR) is 86.6 cm³/mol. The molecule has 1 aliphatic carbocycles. The highest BCUT2D eigenvalue weighted by atomic mass is 16.3. The molecule has 3 heteroatoms. The van der Waals surface area contributed by atoms with Gasteiger partial charge in [0.15, 0.2) is 0 Å². The number of hydrogen-bond acceptors (Lipinski definition) is 3. The number of nitrogens with one attached hydrogen (secondary N) is 1.